The van der Waals surface area contributed by atoms with Gasteiger partial charge in [0.2, 0.25) is 0 Å². The van der Waals surface area contributed by atoms with Crippen molar-refractivity contribution in [2.24, 2.45) is 0 Å². The number of benzene rings is 2. The van der Waals surface area contributed by atoms with Crippen LogP contribution >= 0.6 is 11.8 Å². The molecule has 0 saturated carbocycles. The molecule has 1 heterocycles. The molecule has 0 spiro atoms. The highest BCUT2D eigenvalue weighted by molar-refractivity contribution is 7.99. The molecule has 0 radical (unpaired) electrons. The Kier molecular flexibility index (Phi) is 2.65. The first-order chi connectivity index (χ1) is 8.33. The molecule has 1 nitrogen and oxygen atoms in total. The van der Waals surface area contributed by atoms with E-state index in [9.17, 15) is 0 Å². The van der Waals surface area contributed by atoms with Crippen LogP contribution in [-0.4, -0.2) is 4.98 Å². The molecule has 0 bridgehead atoms. The summed E-state index contributed by atoms with van der Waals surface area (Å²) in [6.07, 6.45) is 2.09. The number of fused-ring (bicyclic) bond motifs is 1. The Hall–Kier alpha value is -1.67. The average Bonchev–Trinajstić information content (AvgIpc) is 2.73. The smallest absolute Gasteiger partial charge is 0.0468 e. The van der Waals surface area contributed by atoms with E-state index < -0.39 is 0 Å². The average molecular weight is 239 g/mol. The Morgan fingerprint density at radius 1 is 1.00 bits per heavy atom. The lowest BCUT2D eigenvalue weighted by atomic mass is 10.2. The van der Waals surface area contributed by atoms with Crippen LogP contribution in [0.5, 0.6) is 0 Å². The molecule has 84 valence electrons. The Bertz CT molecular complexity index is 640. The van der Waals surface area contributed by atoms with Gasteiger partial charge in [-0.25, -0.2) is 0 Å². The van der Waals surface area contributed by atoms with Gasteiger partial charge < -0.3 is 4.98 Å². The van der Waals surface area contributed by atoms with Crippen LogP contribution in [0, 0.1) is 6.92 Å². The number of aromatic nitrogens is 1. The van der Waals surface area contributed by atoms with E-state index in [4.69, 9.17) is 0 Å². The van der Waals surface area contributed by atoms with Gasteiger partial charge in [0.1, 0.15) is 0 Å². The van der Waals surface area contributed by atoms with E-state index in [0.717, 1.165) is 0 Å². The Morgan fingerprint density at radius 2 is 1.82 bits per heavy atom. The Balaban J connectivity index is 2.01. The van der Waals surface area contributed by atoms with Crippen LogP contribution in [-0.2, 0) is 0 Å². The molecule has 1 aromatic heterocycles. The van der Waals surface area contributed by atoms with Crippen LogP contribution in [0.25, 0.3) is 10.9 Å². The molecule has 3 aromatic rings. The van der Waals surface area contributed by atoms with Crippen molar-refractivity contribution >= 4 is 22.7 Å². The van der Waals surface area contributed by atoms with Crippen molar-refractivity contribution in [3.05, 3.63) is 60.3 Å². The van der Waals surface area contributed by atoms with Crippen LogP contribution in [0.15, 0.2) is 64.5 Å². The van der Waals surface area contributed by atoms with Crippen molar-refractivity contribution in [1.29, 1.82) is 0 Å². The summed E-state index contributed by atoms with van der Waals surface area (Å²) in [6, 6.07) is 17.0. The van der Waals surface area contributed by atoms with E-state index in [1.807, 2.05) is 6.07 Å². The van der Waals surface area contributed by atoms with Crippen molar-refractivity contribution < 1.29 is 0 Å². The third kappa shape index (κ3) is 2.08. The predicted octanol–water partition coefficient (Wildman–Crippen LogP) is 4.63. The van der Waals surface area contributed by atoms with Gasteiger partial charge in [-0.05, 0) is 30.7 Å². The van der Waals surface area contributed by atoms with Gasteiger partial charge in [0, 0.05) is 26.9 Å². The SMILES string of the molecule is Cc1ccc2c(Sc3ccccc3)c[nH]c2c1. The van der Waals surface area contributed by atoms with E-state index in [0.29, 0.717) is 0 Å². The van der Waals surface area contributed by atoms with Gasteiger partial charge >= 0.3 is 0 Å². The fourth-order valence-corrected chi connectivity index (χ4v) is 2.87. The zero-order valence-electron chi connectivity index (χ0n) is 9.60. The maximum absolute atomic E-state index is 3.33. The molecule has 0 aliphatic heterocycles. The number of aromatic amines is 1. The molecule has 0 aliphatic rings. The fraction of sp³-hybridized carbons (Fsp3) is 0.0667. The largest absolute Gasteiger partial charge is 0.360 e. The van der Waals surface area contributed by atoms with Gasteiger partial charge in [-0.2, -0.15) is 0 Å². The molecule has 17 heavy (non-hydrogen) atoms. The summed E-state index contributed by atoms with van der Waals surface area (Å²) in [5.41, 5.74) is 2.50. The number of H-pyrrole nitrogens is 1. The lowest BCUT2D eigenvalue weighted by molar-refractivity contribution is 1.39. The third-order valence-corrected chi connectivity index (χ3v) is 3.84. The Labute approximate surface area is 105 Å². The van der Waals surface area contributed by atoms with Gasteiger partial charge in [-0.1, -0.05) is 42.1 Å². The molecule has 0 atom stereocenters. The lowest BCUT2D eigenvalue weighted by Gasteiger charge is -1.99. The number of rotatable bonds is 2. The van der Waals surface area contributed by atoms with E-state index in [1.54, 1.807) is 11.8 Å². The van der Waals surface area contributed by atoms with Gasteiger partial charge in [0.25, 0.3) is 0 Å². The first-order valence-electron chi connectivity index (χ1n) is 5.63. The number of nitrogens with one attached hydrogen (secondary N) is 1. The van der Waals surface area contributed by atoms with Gasteiger partial charge in [-0.15, -0.1) is 0 Å². The minimum Gasteiger partial charge on any atom is -0.360 e. The van der Waals surface area contributed by atoms with E-state index >= 15 is 0 Å². The predicted molar refractivity (Wildman–Crippen MR) is 73.6 cm³/mol. The number of hydrogen-bond acceptors (Lipinski definition) is 1. The molecule has 0 aliphatic carbocycles. The van der Waals surface area contributed by atoms with Gasteiger partial charge in [0.05, 0.1) is 0 Å². The molecular formula is C15H13NS. The minimum absolute atomic E-state index is 1.21. The van der Waals surface area contributed by atoms with Crippen molar-refractivity contribution in [2.45, 2.75) is 16.7 Å². The minimum atomic E-state index is 1.21. The van der Waals surface area contributed by atoms with E-state index in [1.165, 1.54) is 26.3 Å². The molecule has 2 heteroatoms. The van der Waals surface area contributed by atoms with Crippen molar-refractivity contribution in [1.82, 2.24) is 4.98 Å². The van der Waals surface area contributed by atoms with Crippen LogP contribution < -0.4 is 0 Å². The van der Waals surface area contributed by atoms with Gasteiger partial charge in [0.15, 0.2) is 0 Å². The van der Waals surface area contributed by atoms with Crippen LogP contribution in [0.1, 0.15) is 5.56 Å². The normalized spacial score (nSPS) is 10.9. The summed E-state index contributed by atoms with van der Waals surface area (Å²) in [6.45, 7) is 2.12. The fourth-order valence-electron chi connectivity index (χ4n) is 1.91. The summed E-state index contributed by atoms with van der Waals surface area (Å²) in [4.78, 5) is 5.88. The quantitative estimate of drug-likeness (QED) is 0.689. The van der Waals surface area contributed by atoms with E-state index in [2.05, 4.69) is 60.6 Å². The van der Waals surface area contributed by atoms with Crippen LogP contribution in [0.4, 0.5) is 0 Å². The van der Waals surface area contributed by atoms with E-state index in [-0.39, 0.29) is 0 Å². The zero-order valence-corrected chi connectivity index (χ0v) is 10.4. The summed E-state index contributed by atoms with van der Waals surface area (Å²) in [5.74, 6) is 0. The summed E-state index contributed by atoms with van der Waals surface area (Å²) in [5, 5.41) is 1.30. The highest BCUT2D eigenvalue weighted by atomic mass is 32.2. The molecular weight excluding hydrogens is 226 g/mol. The van der Waals surface area contributed by atoms with Gasteiger partial charge in [-0.3, -0.25) is 0 Å². The molecule has 1 N–H and O–H groups in total. The van der Waals surface area contributed by atoms with Crippen molar-refractivity contribution in [3.63, 3.8) is 0 Å². The van der Waals surface area contributed by atoms with Crippen LogP contribution in [0.2, 0.25) is 0 Å². The molecule has 0 fully saturated rings. The molecule has 0 unspecified atom stereocenters. The number of aryl methyl sites for hydroxylation is 1. The second-order valence-corrected chi connectivity index (χ2v) is 5.23. The first kappa shape index (κ1) is 10.5. The maximum atomic E-state index is 3.33. The monoisotopic (exact) mass is 239 g/mol. The molecule has 2 aromatic carbocycles. The van der Waals surface area contributed by atoms with Crippen molar-refractivity contribution in [3.8, 4) is 0 Å². The number of hydrogen-bond donors (Lipinski definition) is 1. The molecule has 0 saturated heterocycles. The molecule has 3 rings (SSSR count). The maximum Gasteiger partial charge on any atom is 0.0468 e. The summed E-state index contributed by atoms with van der Waals surface area (Å²) >= 11 is 1.80. The second kappa shape index (κ2) is 4.30. The highest BCUT2D eigenvalue weighted by Gasteiger charge is 2.04. The third-order valence-electron chi connectivity index (χ3n) is 2.77. The zero-order chi connectivity index (χ0) is 11.7. The molecule has 0 amide bonds. The standard InChI is InChI=1S/C15H13NS/c1-11-7-8-13-14(9-11)16-10-15(13)17-12-5-3-2-4-6-12/h2-10,16H,1H3. The summed E-state index contributed by atoms with van der Waals surface area (Å²) < 4.78 is 0. The van der Waals surface area contributed by atoms with Crippen LogP contribution in [0.3, 0.4) is 0 Å². The Morgan fingerprint density at radius 3 is 2.65 bits per heavy atom. The highest BCUT2D eigenvalue weighted by Crippen LogP contribution is 2.33. The second-order valence-electron chi connectivity index (χ2n) is 4.12. The first-order valence-corrected chi connectivity index (χ1v) is 6.45. The topological polar surface area (TPSA) is 15.8 Å². The lowest BCUT2D eigenvalue weighted by Crippen LogP contribution is -1.73. The van der Waals surface area contributed by atoms with Crippen molar-refractivity contribution in [2.75, 3.05) is 0 Å². The summed E-state index contributed by atoms with van der Waals surface area (Å²) in [7, 11) is 0.